The number of aryl methyl sites for hydroxylation is 1. The maximum absolute atomic E-state index is 12.9. The highest BCUT2D eigenvalue weighted by Gasteiger charge is 2.58. The lowest BCUT2D eigenvalue weighted by Gasteiger charge is -2.57. The van der Waals surface area contributed by atoms with Crippen LogP contribution in [0.1, 0.15) is 85.1 Å². The van der Waals surface area contributed by atoms with E-state index < -0.39 is 0 Å². The van der Waals surface area contributed by atoms with Crippen LogP contribution in [-0.2, 0) is 11.8 Å². The maximum Gasteiger partial charge on any atom is 0.173 e. The standard InChI is InChI=1S/C32H35BrN2O2S/c1-18-29-24(25(16-34)30(35-18)38-17-28(37)19-4-7-21(33)8-5-19)15-27-23-9-6-20-14-22(36)10-12-31(20,2)26(23)11-13-32(27,29)3/h4-8,22-23,26-27,36H,9-15,17H2,1-3H3/t22-,23-,26+,27-,31-,32-/m0/s1. The number of nitrogens with zero attached hydrogens (tertiary/aromatic N) is 2. The number of aliphatic hydroxyl groups excluding tert-OH is 1. The molecule has 2 fully saturated rings. The highest BCUT2D eigenvalue weighted by atomic mass is 79.9. The number of nitriles is 1. The first-order valence-electron chi connectivity index (χ1n) is 13.9. The lowest BCUT2D eigenvalue weighted by molar-refractivity contribution is -0.0164. The average Bonchev–Trinajstić information content (AvgIpc) is 3.22. The van der Waals surface area contributed by atoms with Gasteiger partial charge in [-0.2, -0.15) is 5.26 Å². The summed E-state index contributed by atoms with van der Waals surface area (Å²) in [7, 11) is 0. The number of carbonyl (C=O) groups is 1. The minimum atomic E-state index is -0.186. The molecule has 0 bridgehead atoms. The zero-order chi connectivity index (χ0) is 26.8. The number of fused-ring (bicyclic) bond motifs is 7. The molecule has 0 amide bonds. The third kappa shape index (κ3) is 4.03. The summed E-state index contributed by atoms with van der Waals surface area (Å²) in [6, 6.07) is 9.94. The van der Waals surface area contributed by atoms with Crippen LogP contribution in [-0.4, -0.2) is 27.7 Å². The fourth-order valence-corrected chi connectivity index (χ4v) is 9.85. The fraction of sp³-hybridized carbons (Fsp3) is 0.531. The van der Waals surface area contributed by atoms with Gasteiger partial charge >= 0.3 is 0 Å². The molecule has 1 heterocycles. The van der Waals surface area contributed by atoms with Crippen LogP contribution in [0.4, 0.5) is 0 Å². The summed E-state index contributed by atoms with van der Waals surface area (Å²) < 4.78 is 0.946. The summed E-state index contributed by atoms with van der Waals surface area (Å²) in [6.45, 7) is 6.98. The number of aliphatic hydroxyl groups is 1. The normalized spacial score (nSPS) is 33.3. The summed E-state index contributed by atoms with van der Waals surface area (Å²) in [4.78, 5) is 17.8. The van der Waals surface area contributed by atoms with E-state index in [1.54, 1.807) is 0 Å². The van der Waals surface area contributed by atoms with Gasteiger partial charge in [-0.3, -0.25) is 4.79 Å². The zero-order valence-corrected chi connectivity index (χ0v) is 24.8. The van der Waals surface area contributed by atoms with Crippen LogP contribution >= 0.6 is 27.7 Å². The van der Waals surface area contributed by atoms with Crippen LogP contribution in [0.25, 0.3) is 0 Å². The van der Waals surface area contributed by atoms with E-state index in [0.29, 0.717) is 33.9 Å². The minimum absolute atomic E-state index is 0.0332. The van der Waals surface area contributed by atoms with Crippen LogP contribution in [0.5, 0.6) is 0 Å². The van der Waals surface area contributed by atoms with E-state index in [1.807, 2.05) is 24.3 Å². The van der Waals surface area contributed by atoms with Gasteiger partial charge in [-0.05, 0) is 104 Å². The Hall–Kier alpha value is -1.94. The summed E-state index contributed by atoms with van der Waals surface area (Å²) in [6.07, 6.45) is 9.42. The molecule has 0 unspecified atom stereocenters. The van der Waals surface area contributed by atoms with E-state index in [1.165, 1.54) is 34.9 Å². The van der Waals surface area contributed by atoms with Crippen LogP contribution in [0.15, 0.2) is 45.4 Å². The maximum atomic E-state index is 12.9. The van der Waals surface area contributed by atoms with Crippen molar-refractivity contribution in [1.29, 1.82) is 5.26 Å². The van der Waals surface area contributed by atoms with Crippen molar-refractivity contribution >= 4 is 33.5 Å². The Labute approximate surface area is 238 Å². The molecule has 6 heteroatoms. The Balaban J connectivity index is 1.31. The second-order valence-electron chi connectivity index (χ2n) is 12.4. The molecule has 0 radical (unpaired) electrons. The predicted molar refractivity (Wildman–Crippen MR) is 154 cm³/mol. The van der Waals surface area contributed by atoms with Crippen molar-refractivity contribution in [3.63, 3.8) is 0 Å². The lowest BCUT2D eigenvalue weighted by Crippen LogP contribution is -2.51. The number of pyridine rings is 1. The molecule has 6 atom stereocenters. The fourth-order valence-electron chi connectivity index (χ4n) is 8.64. The summed E-state index contributed by atoms with van der Waals surface area (Å²) in [5.41, 5.74) is 6.59. The molecule has 1 N–H and O–H groups in total. The lowest BCUT2D eigenvalue weighted by atomic mass is 9.47. The molecule has 4 aliphatic carbocycles. The molecule has 198 valence electrons. The molecule has 0 saturated heterocycles. The SMILES string of the molecule is Cc1nc(SCC(=O)c2ccc(Br)cc2)c(C#N)c2c1[C@@]1(C)CC[C@@H]3[C@H](CC=C4C[C@@H](O)CC[C@@]43C)[C@@H]1C2. The highest BCUT2D eigenvalue weighted by Crippen LogP contribution is 2.64. The number of allylic oxidation sites excluding steroid dienone is 1. The van der Waals surface area contributed by atoms with Gasteiger partial charge in [-0.15, -0.1) is 0 Å². The molecular weight excluding hydrogens is 556 g/mol. The highest BCUT2D eigenvalue weighted by molar-refractivity contribution is 9.10. The smallest absolute Gasteiger partial charge is 0.173 e. The Morgan fingerprint density at radius 2 is 1.89 bits per heavy atom. The van der Waals surface area contributed by atoms with Gasteiger partial charge in [0.05, 0.1) is 17.4 Å². The van der Waals surface area contributed by atoms with E-state index in [0.717, 1.165) is 48.7 Å². The molecule has 2 aromatic rings. The molecule has 38 heavy (non-hydrogen) atoms. The number of benzene rings is 1. The number of hydrogen-bond donors (Lipinski definition) is 1. The Morgan fingerprint density at radius 1 is 1.16 bits per heavy atom. The van der Waals surface area contributed by atoms with Gasteiger partial charge < -0.3 is 5.11 Å². The first-order chi connectivity index (χ1) is 18.2. The van der Waals surface area contributed by atoms with Gasteiger partial charge in [-0.1, -0.05) is 65.3 Å². The number of ketones is 1. The van der Waals surface area contributed by atoms with E-state index >= 15 is 0 Å². The van der Waals surface area contributed by atoms with Crippen LogP contribution < -0.4 is 0 Å². The van der Waals surface area contributed by atoms with Gasteiger partial charge in [0.2, 0.25) is 0 Å². The van der Waals surface area contributed by atoms with Crippen molar-refractivity contribution in [1.82, 2.24) is 4.98 Å². The summed E-state index contributed by atoms with van der Waals surface area (Å²) >= 11 is 4.82. The van der Waals surface area contributed by atoms with Crippen LogP contribution in [0.3, 0.4) is 0 Å². The number of rotatable bonds is 4. The number of hydrogen-bond acceptors (Lipinski definition) is 5. The van der Waals surface area contributed by atoms with Gasteiger partial charge in [-0.25, -0.2) is 4.98 Å². The Kier molecular flexibility index (Phi) is 6.65. The van der Waals surface area contributed by atoms with E-state index in [4.69, 9.17) is 4.98 Å². The quantitative estimate of drug-likeness (QED) is 0.229. The molecule has 0 spiro atoms. The average molecular weight is 592 g/mol. The predicted octanol–water partition coefficient (Wildman–Crippen LogP) is 7.34. The zero-order valence-electron chi connectivity index (χ0n) is 22.4. The summed E-state index contributed by atoms with van der Waals surface area (Å²) in [5.74, 6) is 2.04. The topological polar surface area (TPSA) is 74.0 Å². The van der Waals surface area contributed by atoms with Crippen molar-refractivity contribution in [2.75, 3.05) is 5.75 Å². The van der Waals surface area contributed by atoms with Gasteiger partial charge in [0, 0.05) is 15.7 Å². The Bertz CT molecular complexity index is 1380. The van der Waals surface area contributed by atoms with Gasteiger partial charge in [0.25, 0.3) is 0 Å². The van der Waals surface area contributed by atoms with E-state index in [-0.39, 0.29) is 28.5 Å². The van der Waals surface area contributed by atoms with E-state index in [2.05, 4.69) is 48.8 Å². The first-order valence-corrected chi connectivity index (χ1v) is 15.7. The van der Waals surface area contributed by atoms with Crippen molar-refractivity contribution in [2.45, 2.75) is 82.3 Å². The van der Waals surface area contributed by atoms with Crippen LogP contribution in [0, 0.1) is 41.4 Å². The second-order valence-corrected chi connectivity index (χ2v) is 14.3. The summed E-state index contributed by atoms with van der Waals surface area (Å²) in [5, 5.41) is 21.4. The van der Waals surface area contributed by atoms with Crippen molar-refractivity contribution in [2.24, 2.45) is 23.2 Å². The molecule has 6 rings (SSSR count). The second kappa shape index (κ2) is 9.61. The molecule has 4 nitrogen and oxygen atoms in total. The Morgan fingerprint density at radius 3 is 2.63 bits per heavy atom. The third-order valence-electron chi connectivity index (χ3n) is 10.5. The largest absolute Gasteiger partial charge is 0.393 e. The number of Topliss-reactive ketones (excluding diaryl/α,β-unsaturated/α-hetero) is 1. The number of thioether (sulfide) groups is 1. The number of carbonyl (C=O) groups excluding carboxylic acids is 1. The molecule has 1 aromatic carbocycles. The molecule has 0 aliphatic heterocycles. The molecule has 4 aliphatic rings. The van der Waals surface area contributed by atoms with Crippen molar-refractivity contribution in [3.05, 3.63) is 68.3 Å². The number of aromatic nitrogens is 1. The monoisotopic (exact) mass is 590 g/mol. The van der Waals surface area contributed by atoms with Gasteiger partial charge in [0.1, 0.15) is 11.1 Å². The van der Waals surface area contributed by atoms with Crippen molar-refractivity contribution in [3.8, 4) is 6.07 Å². The molecular formula is C32H35BrN2O2S. The van der Waals surface area contributed by atoms with Gasteiger partial charge in [0.15, 0.2) is 5.78 Å². The van der Waals surface area contributed by atoms with Crippen molar-refractivity contribution < 1.29 is 9.90 Å². The van der Waals surface area contributed by atoms with Crippen LogP contribution in [0.2, 0.25) is 0 Å². The first kappa shape index (κ1) is 26.3. The third-order valence-corrected chi connectivity index (χ3v) is 12.0. The molecule has 2 saturated carbocycles. The minimum Gasteiger partial charge on any atom is -0.393 e. The number of halogens is 1. The van der Waals surface area contributed by atoms with E-state index in [9.17, 15) is 15.2 Å². The molecule has 1 aromatic heterocycles.